The SMILES string of the molecule is Cc1ccc(C)c(S(=O)(=O)NCCc2ccc(N3CCCCC3)cc2)c1. The lowest BCUT2D eigenvalue weighted by atomic mass is 10.1. The molecule has 0 aromatic heterocycles. The van der Waals surface area contributed by atoms with Crippen LogP contribution in [-0.4, -0.2) is 28.1 Å². The molecule has 0 saturated carbocycles. The van der Waals surface area contributed by atoms with Crippen LogP contribution in [0.15, 0.2) is 47.4 Å². The topological polar surface area (TPSA) is 49.4 Å². The van der Waals surface area contributed by atoms with Crippen LogP contribution in [0, 0.1) is 13.8 Å². The first-order valence-corrected chi connectivity index (χ1v) is 10.8. The summed E-state index contributed by atoms with van der Waals surface area (Å²) in [5, 5.41) is 0. The molecule has 1 aliphatic rings. The number of hydrogen-bond acceptors (Lipinski definition) is 3. The molecule has 2 aromatic rings. The van der Waals surface area contributed by atoms with E-state index in [4.69, 9.17) is 0 Å². The fourth-order valence-electron chi connectivity index (χ4n) is 3.43. The van der Waals surface area contributed by atoms with E-state index in [0.29, 0.717) is 17.9 Å². The average molecular weight is 373 g/mol. The molecule has 140 valence electrons. The number of nitrogens with one attached hydrogen (secondary N) is 1. The van der Waals surface area contributed by atoms with Crippen molar-refractivity contribution in [1.82, 2.24) is 4.72 Å². The van der Waals surface area contributed by atoms with Crippen molar-refractivity contribution >= 4 is 15.7 Å². The summed E-state index contributed by atoms with van der Waals surface area (Å²) in [6.07, 6.45) is 4.54. The number of nitrogens with zero attached hydrogens (tertiary/aromatic N) is 1. The number of hydrogen-bond donors (Lipinski definition) is 1. The zero-order valence-electron chi connectivity index (χ0n) is 15.7. The van der Waals surface area contributed by atoms with Crippen LogP contribution in [0.3, 0.4) is 0 Å². The van der Waals surface area contributed by atoms with E-state index in [0.717, 1.165) is 29.8 Å². The Kier molecular flexibility index (Phi) is 5.99. The Morgan fingerprint density at radius 3 is 2.35 bits per heavy atom. The number of aryl methyl sites for hydroxylation is 2. The van der Waals surface area contributed by atoms with Crippen LogP contribution >= 0.6 is 0 Å². The zero-order chi connectivity index (χ0) is 18.6. The molecular weight excluding hydrogens is 344 g/mol. The van der Waals surface area contributed by atoms with Gasteiger partial charge in [-0.1, -0.05) is 24.3 Å². The van der Waals surface area contributed by atoms with Crippen molar-refractivity contribution < 1.29 is 8.42 Å². The van der Waals surface area contributed by atoms with Crippen molar-refractivity contribution in [3.63, 3.8) is 0 Å². The maximum atomic E-state index is 12.5. The minimum Gasteiger partial charge on any atom is -0.372 e. The summed E-state index contributed by atoms with van der Waals surface area (Å²) in [5.41, 5.74) is 4.14. The van der Waals surface area contributed by atoms with Crippen LogP contribution < -0.4 is 9.62 Å². The standard InChI is InChI=1S/C21H28N2O2S/c1-17-6-7-18(2)21(16-17)26(24,25)22-13-12-19-8-10-20(11-9-19)23-14-4-3-5-15-23/h6-11,16,22H,3-5,12-15H2,1-2H3. The monoisotopic (exact) mass is 372 g/mol. The number of anilines is 1. The first kappa shape index (κ1) is 18.9. The highest BCUT2D eigenvalue weighted by Crippen LogP contribution is 2.20. The lowest BCUT2D eigenvalue weighted by Crippen LogP contribution is -2.29. The van der Waals surface area contributed by atoms with Crippen LogP contribution in [0.1, 0.15) is 36.0 Å². The normalized spacial score (nSPS) is 15.2. The highest BCUT2D eigenvalue weighted by molar-refractivity contribution is 7.89. The van der Waals surface area contributed by atoms with Crippen LogP contribution in [0.4, 0.5) is 5.69 Å². The van der Waals surface area contributed by atoms with Gasteiger partial charge in [0.25, 0.3) is 0 Å². The van der Waals surface area contributed by atoms with Crippen molar-refractivity contribution in [2.75, 3.05) is 24.5 Å². The summed E-state index contributed by atoms with van der Waals surface area (Å²) in [6, 6.07) is 14.0. The Morgan fingerprint density at radius 2 is 1.65 bits per heavy atom. The molecule has 1 heterocycles. The Bertz CT molecular complexity index is 839. The van der Waals surface area contributed by atoms with E-state index in [1.54, 1.807) is 6.07 Å². The lowest BCUT2D eigenvalue weighted by molar-refractivity contribution is 0.577. The summed E-state index contributed by atoms with van der Waals surface area (Å²) in [7, 11) is -3.47. The largest absolute Gasteiger partial charge is 0.372 e. The van der Waals surface area contributed by atoms with E-state index in [1.807, 2.05) is 26.0 Å². The summed E-state index contributed by atoms with van der Waals surface area (Å²) in [4.78, 5) is 2.80. The van der Waals surface area contributed by atoms with Gasteiger partial charge in [-0.3, -0.25) is 0 Å². The van der Waals surface area contributed by atoms with Crippen LogP contribution in [0.2, 0.25) is 0 Å². The molecule has 4 nitrogen and oxygen atoms in total. The van der Waals surface area contributed by atoms with Crippen molar-refractivity contribution in [2.24, 2.45) is 0 Å². The fourth-order valence-corrected chi connectivity index (χ4v) is 4.79. The van der Waals surface area contributed by atoms with Crippen molar-refractivity contribution in [1.29, 1.82) is 0 Å². The molecule has 5 heteroatoms. The van der Waals surface area contributed by atoms with Gasteiger partial charge in [-0.2, -0.15) is 0 Å². The second kappa shape index (κ2) is 8.23. The summed E-state index contributed by atoms with van der Waals surface area (Å²) >= 11 is 0. The molecule has 1 N–H and O–H groups in total. The number of benzene rings is 2. The van der Waals surface area contributed by atoms with E-state index < -0.39 is 10.0 Å². The minimum atomic E-state index is -3.47. The molecule has 0 spiro atoms. The Labute approximate surface area is 157 Å². The second-order valence-corrected chi connectivity index (χ2v) is 8.87. The average Bonchev–Trinajstić information content (AvgIpc) is 2.65. The molecule has 0 amide bonds. The molecule has 0 atom stereocenters. The molecule has 0 aliphatic carbocycles. The number of sulfonamides is 1. The molecule has 0 bridgehead atoms. The van der Waals surface area contributed by atoms with Crippen LogP contribution in [0.25, 0.3) is 0 Å². The van der Waals surface area contributed by atoms with Gasteiger partial charge in [-0.05, 0) is 74.4 Å². The van der Waals surface area contributed by atoms with Gasteiger partial charge >= 0.3 is 0 Å². The molecule has 26 heavy (non-hydrogen) atoms. The van der Waals surface area contributed by atoms with E-state index in [9.17, 15) is 8.42 Å². The first-order chi connectivity index (χ1) is 12.5. The van der Waals surface area contributed by atoms with E-state index in [2.05, 4.69) is 33.9 Å². The molecular formula is C21H28N2O2S. The molecule has 1 saturated heterocycles. The molecule has 0 radical (unpaired) electrons. The van der Waals surface area contributed by atoms with Crippen molar-refractivity contribution in [3.05, 3.63) is 59.2 Å². The van der Waals surface area contributed by atoms with E-state index in [-0.39, 0.29) is 0 Å². The number of rotatable bonds is 6. The predicted molar refractivity (Wildman–Crippen MR) is 107 cm³/mol. The second-order valence-electron chi connectivity index (χ2n) is 7.13. The highest BCUT2D eigenvalue weighted by atomic mass is 32.2. The highest BCUT2D eigenvalue weighted by Gasteiger charge is 2.16. The first-order valence-electron chi connectivity index (χ1n) is 9.36. The fraction of sp³-hybridized carbons (Fsp3) is 0.429. The quantitative estimate of drug-likeness (QED) is 0.839. The minimum absolute atomic E-state index is 0.373. The zero-order valence-corrected chi connectivity index (χ0v) is 16.5. The van der Waals surface area contributed by atoms with Gasteiger partial charge in [0.05, 0.1) is 4.90 Å². The lowest BCUT2D eigenvalue weighted by Gasteiger charge is -2.28. The Balaban J connectivity index is 1.58. The molecule has 2 aromatic carbocycles. The third-order valence-electron chi connectivity index (χ3n) is 5.00. The summed E-state index contributed by atoms with van der Waals surface area (Å²) in [5.74, 6) is 0. The van der Waals surface area contributed by atoms with E-state index >= 15 is 0 Å². The van der Waals surface area contributed by atoms with Gasteiger partial charge in [0, 0.05) is 25.3 Å². The summed E-state index contributed by atoms with van der Waals surface area (Å²) < 4.78 is 27.8. The van der Waals surface area contributed by atoms with E-state index in [1.165, 1.54) is 24.9 Å². The van der Waals surface area contributed by atoms with Crippen LogP contribution in [0.5, 0.6) is 0 Å². The molecule has 1 aliphatic heterocycles. The van der Waals surface area contributed by atoms with Crippen molar-refractivity contribution in [2.45, 2.75) is 44.4 Å². The third-order valence-corrected chi connectivity index (χ3v) is 6.60. The smallest absolute Gasteiger partial charge is 0.240 e. The summed E-state index contributed by atoms with van der Waals surface area (Å²) in [6.45, 7) is 6.40. The third kappa shape index (κ3) is 4.65. The Hall–Kier alpha value is -1.85. The van der Waals surface area contributed by atoms with Gasteiger partial charge in [-0.25, -0.2) is 13.1 Å². The number of piperidine rings is 1. The van der Waals surface area contributed by atoms with Gasteiger partial charge in [0.1, 0.15) is 0 Å². The predicted octanol–water partition coefficient (Wildman–Crippen LogP) is 3.81. The van der Waals surface area contributed by atoms with Crippen molar-refractivity contribution in [3.8, 4) is 0 Å². The van der Waals surface area contributed by atoms with Gasteiger partial charge < -0.3 is 4.90 Å². The molecule has 1 fully saturated rings. The maximum absolute atomic E-state index is 12.5. The maximum Gasteiger partial charge on any atom is 0.240 e. The molecule has 0 unspecified atom stereocenters. The van der Waals surface area contributed by atoms with Crippen LogP contribution in [-0.2, 0) is 16.4 Å². The van der Waals surface area contributed by atoms with Gasteiger partial charge in [-0.15, -0.1) is 0 Å². The molecule has 3 rings (SSSR count). The Morgan fingerprint density at radius 1 is 0.962 bits per heavy atom. The van der Waals surface area contributed by atoms with Gasteiger partial charge in [0.15, 0.2) is 0 Å². The van der Waals surface area contributed by atoms with Gasteiger partial charge in [0.2, 0.25) is 10.0 Å².